The van der Waals surface area contributed by atoms with Crippen LogP contribution in [0.15, 0.2) is 29.2 Å². The SMILES string of the molecule is CCCCSC(=N)N.Cc1ccc(S(=O)(=O)O)cc1. The van der Waals surface area contributed by atoms with E-state index in [1.807, 2.05) is 6.92 Å². The Bertz CT molecular complexity index is 484. The summed E-state index contributed by atoms with van der Waals surface area (Å²) in [5.41, 5.74) is 6.04. The van der Waals surface area contributed by atoms with E-state index in [0.717, 1.165) is 17.7 Å². The van der Waals surface area contributed by atoms with Gasteiger partial charge in [-0.1, -0.05) is 42.8 Å². The van der Waals surface area contributed by atoms with Crippen LogP contribution in [-0.2, 0) is 10.1 Å². The van der Waals surface area contributed by atoms with E-state index in [1.165, 1.54) is 30.3 Å². The van der Waals surface area contributed by atoms with Gasteiger partial charge in [0, 0.05) is 5.75 Å². The van der Waals surface area contributed by atoms with E-state index in [4.69, 9.17) is 15.7 Å². The number of aryl methyl sites for hydroxylation is 1. The first kappa shape index (κ1) is 17.9. The Balaban J connectivity index is 0.000000362. The predicted molar refractivity (Wildman–Crippen MR) is 80.3 cm³/mol. The number of nitrogens with one attached hydrogen (secondary N) is 1. The highest BCUT2D eigenvalue weighted by atomic mass is 32.2. The lowest BCUT2D eigenvalue weighted by atomic mass is 10.2. The summed E-state index contributed by atoms with van der Waals surface area (Å²) < 4.78 is 29.6. The van der Waals surface area contributed by atoms with Gasteiger partial charge in [-0.25, -0.2) is 0 Å². The van der Waals surface area contributed by atoms with Crippen molar-refractivity contribution < 1.29 is 13.0 Å². The number of benzene rings is 1. The fraction of sp³-hybridized carbons (Fsp3) is 0.417. The molecular weight excluding hydrogens is 284 g/mol. The summed E-state index contributed by atoms with van der Waals surface area (Å²) in [5.74, 6) is 0.992. The van der Waals surface area contributed by atoms with Gasteiger partial charge in [0.05, 0.1) is 4.90 Å². The highest BCUT2D eigenvalue weighted by Crippen LogP contribution is 2.08. The summed E-state index contributed by atoms with van der Waals surface area (Å²) in [6, 6.07) is 5.99. The van der Waals surface area contributed by atoms with E-state index < -0.39 is 10.1 Å². The van der Waals surface area contributed by atoms with Crippen LogP contribution in [0.5, 0.6) is 0 Å². The summed E-state index contributed by atoms with van der Waals surface area (Å²) in [6.45, 7) is 3.97. The quantitative estimate of drug-likeness (QED) is 0.343. The first-order chi connectivity index (χ1) is 8.77. The topological polar surface area (TPSA) is 104 Å². The van der Waals surface area contributed by atoms with Crippen molar-refractivity contribution in [2.45, 2.75) is 31.6 Å². The number of thioether (sulfide) groups is 1. The molecule has 1 rings (SSSR count). The van der Waals surface area contributed by atoms with Crippen LogP contribution in [0.3, 0.4) is 0 Å². The number of hydrogen-bond acceptors (Lipinski definition) is 4. The molecule has 0 amide bonds. The Labute approximate surface area is 118 Å². The average Bonchev–Trinajstić information content (AvgIpc) is 2.29. The molecule has 0 aliphatic heterocycles. The number of amidine groups is 1. The van der Waals surface area contributed by atoms with Crippen LogP contribution in [0.25, 0.3) is 0 Å². The van der Waals surface area contributed by atoms with Crippen LogP contribution in [0.2, 0.25) is 0 Å². The van der Waals surface area contributed by atoms with Crippen LogP contribution in [0.4, 0.5) is 0 Å². The molecule has 0 radical (unpaired) electrons. The van der Waals surface area contributed by atoms with Crippen LogP contribution in [0.1, 0.15) is 25.3 Å². The van der Waals surface area contributed by atoms with Crippen LogP contribution >= 0.6 is 11.8 Å². The van der Waals surface area contributed by atoms with Gasteiger partial charge in [0.2, 0.25) is 0 Å². The maximum absolute atomic E-state index is 10.5. The molecule has 1 aromatic rings. The summed E-state index contributed by atoms with van der Waals surface area (Å²) in [5, 5.41) is 7.05. The lowest BCUT2D eigenvalue weighted by Gasteiger charge is -1.95. The molecule has 4 N–H and O–H groups in total. The van der Waals surface area contributed by atoms with Crippen LogP contribution < -0.4 is 5.73 Å². The van der Waals surface area contributed by atoms with Gasteiger partial charge in [0.1, 0.15) is 0 Å². The van der Waals surface area contributed by atoms with E-state index in [1.54, 1.807) is 12.1 Å². The lowest BCUT2D eigenvalue weighted by Crippen LogP contribution is -2.04. The summed E-state index contributed by atoms with van der Waals surface area (Å²) in [7, 11) is -4.02. The summed E-state index contributed by atoms with van der Waals surface area (Å²) >= 11 is 1.42. The number of rotatable bonds is 4. The smallest absolute Gasteiger partial charge is 0.294 e. The third-order valence-electron chi connectivity index (χ3n) is 2.07. The summed E-state index contributed by atoms with van der Waals surface area (Å²) in [4.78, 5) is -0.0666. The van der Waals surface area contributed by atoms with Gasteiger partial charge in [-0.2, -0.15) is 8.42 Å². The minimum absolute atomic E-state index is 0.0666. The molecule has 0 saturated heterocycles. The van der Waals surface area contributed by atoms with Crippen molar-refractivity contribution in [1.29, 1.82) is 5.41 Å². The zero-order valence-electron chi connectivity index (χ0n) is 11.1. The highest BCUT2D eigenvalue weighted by Gasteiger charge is 2.06. The van der Waals surface area contributed by atoms with Gasteiger partial charge in [-0.3, -0.25) is 9.96 Å². The van der Waals surface area contributed by atoms with Gasteiger partial charge in [-0.15, -0.1) is 0 Å². The Hall–Kier alpha value is -1.05. The molecule has 0 aliphatic rings. The van der Waals surface area contributed by atoms with Crippen LogP contribution in [0, 0.1) is 12.3 Å². The van der Waals surface area contributed by atoms with E-state index in [0.29, 0.717) is 0 Å². The van der Waals surface area contributed by atoms with E-state index in [2.05, 4.69) is 6.92 Å². The maximum atomic E-state index is 10.5. The fourth-order valence-corrected chi connectivity index (χ4v) is 2.17. The first-order valence-corrected chi connectivity index (χ1v) is 8.21. The van der Waals surface area contributed by atoms with Gasteiger partial charge in [0.15, 0.2) is 5.17 Å². The van der Waals surface area contributed by atoms with Crippen molar-refractivity contribution in [3.63, 3.8) is 0 Å². The molecule has 19 heavy (non-hydrogen) atoms. The lowest BCUT2D eigenvalue weighted by molar-refractivity contribution is 0.483. The largest absolute Gasteiger partial charge is 0.379 e. The molecule has 0 aromatic heterocycles. The predicted octanol–water partition coefficient (Wildman–Crippen LogP) is 2.65. The van der Waals surface area contributed by atoms with Crippen molar-refractivity contribution in [1.82, 2.24) is 0 Å². The molecule has 0 spiro atoms. The highest BCUT2D eigenvalue weighted by molar-refractivity contribution is 8.13. The molecule has 1 aromatic carbocycles. The zero-order chi connectivity index (χ0) is 14.9. The molecular formula is C12H20N2O3S2. The Morgan fingerprint density at radius 1 is 1.37 bits per heavy atom. The molecule has 5 nitrogen and oxygen atoms in total. The van der Waals surface area contributed by atoms with Crippen molar-refractivity contribution in [2.75, 3.05) is 5.75 Å². The average molecular weight is 304 g/mol. The molecule has 0 fully saturated rings. The third kappa shape index (κ3) is 9.52. The van der Waals surface area contributed by atoms with Gasteiger partial charge in [0.25, 0.3) is 10.1 Å². The van der Waals surface area contributed by atoms with Gasteiger partial charge >= 0.3 is 0 Å². The molecule has 0 aliphatic carbocycles. The second-order valence-corrected chi connectivity index (χ2v) is 6.41. The molecule has 7 heteroatoms. The monoisotopic (exact) mass is 304 g/mol. The number of hydrogen-bond donors (Lipinski definition) is 3. The van der Waals surface area contributed by atoms with Gasteiger partial charge < -0.3 is 5.73 Å². The minimum atomic E-state index is -4.02. The second kappa shape index (κ2) is 8.95. The zero-order valence-corrected chi connectivity index (χ0v) is 12.7. The van der Waals surface area contributed by atoms with Gasteiger partial charge in [-0.05, 0) is 25.5 Å². The molecule has 0 saturated carbocycles. The normalized spacial score (nSPS) is 10.5. The second-order valence-electron chi connectivity index (χ2n) is 3.85. The molecule has 108 valence electrons. The van der Waals surface area contributed by atoms with Crippen molar-refractivity contribution in [3.8, 4) is 0 Å². The molecule has 0 heterocycles. The van der Waals surface area contributed by atoms with Crippen LogP contribution in [-0.4, -0.2) is 23.9 Å². The Morgan fingerprint density at radius 3 is 2.26 bits per heavy atom. The minimum Gasteiger partial charge on any atom is -0.379 e. The molecule has 0 bridgehead atoms. The maximum Gasteiger partial charge on any atom is 0.294 e. The molecule has 0 unspecified atom stereocenters. The van der Waals surface area contributed by atoms with E-state index in [-0.39, 0.29) is 10.1 Å². The number of nitrogens with two attached hydrogens (primary N) is 1. The fourth-order valence-electron chi connectivity index (χ4n) is 1.04. The third-order valence-corrected chi connectivity index (χ3v) is 3.75. The Morgan fingerprint density at radius 2 is 1.89 bits per heavy atom. The van der Waals surface area contributed by atoms with E-state index in [9.17, 15) is 8.42 Å². The van der Waals surface area contributed by atoms with E-state index >= 15 is 0 Å². The first-order valence-electron chi connectivity index (χ1n) is 5.78. The number of unbranched alkanes of at least 4 members (excludes halogenated alkanes) is 1. The standard InChI is InChI=1S/C7H8O3S.C5H12N2S/c1-6-2-4-7(5-3-6)11(8,9)10;1-2-3-4-8-5(6)7/h2-5H,1H3,(H,8,9,10);2-4H2,1H3,(H3,6,7). The van der Waals surface area contributed by atoms with Crippen molar-refractivity contribution in [2.24, 2.45) is 5.73 Å². The van der Waals surface area contributed by atoms with Crippen molar-refractivity contribution in [3.05, 3.63) is 29.8 Å². The molecule has 0 atom stereocenters. The summed E-state index contributed by atoms with van der Waals surface area (Å²) in [6.07, 6.45) is 2.34. The Kier molecular flexibility index (Phi) is 8.46. The van der Waals surface area contributed by atoms with Crippen molar-refractivity contribution >= 4 is 27.0 Å².